The molecule has 10 nitrogen and oxygen atoms in total. The number of ketones is 1. The van der Waals surface area contributed by atoms with E-state index in [-0.39, 0.29) is 22.6 Å². The van der Waals surface area contributed by atoms with E-state index in [1.54, 1.807) is 0 Å². The number of nitrogens with zero attached hydrogens (tertiary/aromatic N) is 1. The van der Waals surface area contributed by atoms with E-state index in [0.717, 1.165) is 40.3 Å². The van der Waals surface area contributed by atoms with Gasteiger partial charge in [-0.05, 0) is 54.6 Å². The molecule has 1 aliphatic rings. The summed E-state index contributed by atoms with van der Waals surface area (Å²) in [6, 6.07) is 21.1. The van der Waals surface area contributed by atoms with Crippen molar-refractivity contribution in [1.29, 1.82) is 0 Å². The van der Waals surface area contributed by atoms with Gasteiger partial charge in [-0.15, -0.1) is 0 Å². The minimum absolute atomic E-state index is 0.0820. The van der Waals surface area contributed by atoms with Gasteiger partial charge in [0.05, 0.1) is 11.1 Å². The Bertz CT molecular complexity index is 1690. The molecule has 10 heteroatoms. The lowest BCUT2D eigenvalue weighted by Crippen LogP contribution is -2.05. The molecular formula is C30H21NO9. The summed E-state index contributed by atoms with van der Waals surface area (Å²) in [5.41, 5.74) is 2.47. The molecule has 200 valence electrons. The van der Waals surface area contributed by atoms with Crippen molar-refractivity contribution >= 4 is 28.8 Å². The molecule has 0 aliphatic carbocycles. The number of fused-ring (bicyclic) bond motifs is 2. The summed E-state index contributed by atoms with van der Waals surface area (Å²) in [4.78, 5) is 38.6. The lowest BCUT2D eigenvalue weighted by atomic mass is 10.0. The van der Waals surface area contributed by atoms with Crippen LogP contribution in [0.4, 0.5) is 0 Å². The Morgan fingerprint density at radius 3 is 1.85 bits per heavy atom. The van der Waals surface area contributed by atoms with Crippen molar-refractivity contribution < 1.29 is 43.2 Å². The van der Waals surface area contributed by atoms with Gasteiger partial charge < -0.3 is 28.8 Å². The monoisotopic (exact) mass is 539 g/mol. The van der Waals surface area contributed by atoms with Gasteiger partial charge in [-0.2, -0.15) is 0 Å². The van der Waals surface area contributed by atoms with Crippen LogP contribution < -0.4 is 14.2 Å². The SMILES string of the molecule is CC(=O)Oc1ccc(C(=O)c2ccc(OC(C)=O)cc2O)c(O)c1.c1ccc2oc(-c3ccc4c(c3)O4)nc2c1. The van der Waals surface area contributed by atoms with E-state index in [0.29, 0.717) is 5.89 Å². The number of ether oxygens (including phenoxy) is 3. The maximum Gasteiger partial charge on any atom is 0.308 e. The van der Waals surface area contributed by atoms with Gasteiger partial charge in [-0.1, -0.05) is 12.1 Å². The smallest absolute Gasteiger partial charge is 0.308 e. The summed E-state index contributed by atoms with van der Waals surface area (Å²) in [5.74, 6) is 0.105. The molecule has 0 spiro atoms. The zero-order valence-corrected chi connectivity index (χ0v) is 21.2. The second kappa shape index (κ2) is 10.6. The predicted octanol–water partition coefficient (Wildman–Crippen LogP) is 5.78. The van der Waals surface area contributed by atoms with E-state index < -0.39 is 29.2 Å². The Balaban J connectivity index is 0.000000173. The van der Waals surface area contributed by atoms with Gasteiger partial charge in [0, 0.05) is 31.5 Å². The highest BCUT2D eigenvalue weighted by atomic mass is 16.6. The lowest BCUT2D eigenvalue weighted by molar-refractivity contribution is -0.132. The van der Waals surface area contributed by atoms with Crippen molar-refractivity contribution in [3.05, 3.63) is 90.0 Å². The largest absolute Gasteiger partial charge is 0.507 e. The predicted molar refractivity (Wildman–Crippen MR) is 142 cm³/mol. The van der Waals surface area contributed by atoms with E-state index in [9.17, 15) is 24.6 Å². The van der Waals surface area contributed by atoms with Crippen molar-refractivity contribution in [2.24, 2.45) is 0 Å². The van der Waals surface area contributed by atoms with Crippen LogP contribution in [0.3, 0.4) is 0 Å². The number of carbonyl (C=O) groups excluding carboxylic acids is 3. The van der Waals surface area contributed by atoms with Gasteiger partial charge in [0.25, 0.3) is 0 Å². The molecule has 1 aliphatic heterocycles. The number of esters is 2. The van der Waals surface area contributed by atoms with E-state index in [4.69, 9.17) is 18.6 Å². The zero-order chi connectivity index (χ0) is 28.4. The summed E-state index contributed by atoms with van der Waals surface area (Å²) >= 11 is 0. The minimum Gasteiger partial charge on any atom is -0.507 e. The number of hydrogen-bond acceptors (Lipinski definition) is 10. The van der Waals surface area contributed by atoms with Crippen LogP contribution in [0.2, 0.25) is 0 Å². The van der Waals surface area contributed by atoms with Crippen LogP contribution in [0.25, 0.3) is 22.6 Å². The van der Waals surface area contributed by atoms with Crippen molar-refractivity contribution in [1.82, 2.24) is 4.98 Å². The van der Waals surface area contributed by atoms with Crippen molar-refractivity contribution in [2.45, 2.75) is 13.8 Å². The average Bonchev–Trinajstić information content (AvgIpc) is 3.55. The maximum absolute atomic E-state index is 12.4. The highest BCUT2D eigenvalue weighted by Gasteiger charge is 2.21. The van der Waals surface area contributed by atoms with Gasteiger partial charge in [0.15, 0.2) is 22.9 Å². The number of rotatable bonds is 5. The highest BCUT2D eigenvalue weighted by molar-refractivity contribution is 6.12. The van der Waals surface area contributed by atoms with Crippen LogP contribution in [-0.4, -0.2) is 32.9 Å². The number of benzene rings is 4. The van der Waals surface area contributed by atoms with Crippen LogP contribution >= 0.6 is 0 Å². The maximum atomic E-state index is 12.4. The number of hydrogen-bond donors (Lipinski definition) is 2. The molecule has 0 amide bonds. The van der Waals surface area contributed by atoms with Crippen molar-refractivity contribution in [3.8, 4) is 46.0 Å². The lowest BCUT2D eigenvalue weighted by Gasteiger charge is -2.09. The fraction of sp³-hybridized carbons (Fsp3) is 0.0667. The van der Waals surface area contributed by atoms with Crippen molar-refractivity contribution in [3.63, 3.8) is 0 Å². The van der Waals surface area contributed by atoms with E-state index in [1.807, 2.05) is 42.5 Å². The third kappa shape index (κ3) is 5.76. The third-order valence-corrected chi connectivity index (χ3v) is 5.61. The first-order valence-corrected chi connectivity index (χ1v) is 11.9. The molecule has 2 N–H and O–H groups in total. The number of para-hydroxylation sites is 2. The number of aromatic hydroxyl groups is 2. The van der Waals surface area contributed by atoms with E-state index >= 15 is 0 Å². The molecule has 2 heterocycles. The van der Waals surface area contributed by atoms with Crippen LogP contribution in [0.1, 0.15) is 29.8 Å². The van der Waals surface area contributed by atoms with Gasteiger partial charge >= 0.3 is 11.9 Å². The summed E-state index contributed by atoms with van der Waals surface area (Å²) in [5, 5.41) is 19.9. The van der Waals surface area contributed by atoms with Crippen LogP contribution in [0.15, 0.2) is 83.3 Å². The molecule has 1 aromatic heterocycles. The van der Waals surface area contributed by atoms with Crippen LogP contribution in [0, 0.1) is 0 Å². The van der Waals surface area contributed by atoms with Gasteiger partial charge in [-0.25, -0.2) is 4.98 Å². The molecule has 0 fully saturated rings. The molecule has 4 aromatic carbocycles. The number of aromatic nitrogens is 1. The number of phenols is 2. The number of oxazole rings is 1. The molecule has 0 saturated heterocycles. The Hall–Kier alpha value is -5.64. The molecule has 0 unspecified atom stereocenters. The first-order chi connectivity index (χ1) is 19.2. The normalized spacial score (nSPS) is 10.9. The molecule has 0 saturated carbocycles. The Morgan fingerprint density at radius 1 is 0.725 bits per heavy atom. The molecule has 5 aromatic rings. The standard InChI is InChI=1S/C17H14O7.C13H7NO2/c1-9(18)23-11-3-5-13(15(20)7-11)17(22)14-6-4-12(8-16(14)21)24-10(2)19;1-2-4-10-9(3-1)14-13(16-10)8-5-6-11-12(7-8)15-11/h3-8,20-21H,1-2H3;1-7H. The Labute approximate surface area is 227 Å². The molecule has 0 bridgehead atoms. The fourth-order valence-corrected chi connectivity index (χ4v) is 3.80. The second-order valence-corrected chi connectivity index (χ2v) is 8.62. The van der Waals surface area contributed by atoms with E-state index in [2.05, 4.69) is 4.98 Å². The summed E-state index contributed by atoms with van der Waals surface area (Å²) in [6.45, 7) is 2.41. The zero-order valence-electron chi connectivity index (χ0n) is 21.2. The fourth-order valence-electron chi connectivity index (χ4n) is 3.80. The Morgan fingerprint density at radius 2 is 1.32 bits per heavy atom. The van der Waals surface area contributed by atoms with Crippen LogP contribution in [0.5, 0.6) is 34.5 Å². The third-order valence-electron chi connectivity index (χ3n) is 5.61. The molecule has 0 radical (unpaired) electrons. The summed E-state index contributed by atoms with van der Waals surface area (Å²) in [6.07, 6.45) is 0. The molecule has 0 atom stereocenters. The first-order valence-electron chi connectivity index (χ1n) is 11.9. The van der Waals surface area contributed by atoms with Crippen molar-refractivity contribution in [2.75, 3.05) is 0 Å². The Kier molecular flexibility index (Phi) is 6.90. The summed E-state index contributed by atoms with van der Waals surface area (Å²) < 4.78 is 20.5. The van der Waals surface area contributed by atoms with Gasteiger partial charge in [-0.3, -0.25) is 14.4 Å². The minimum atomic E-state index is -0.645. The summed E-state index contributed by atoms with van der Waals surface area (Å²) in [7, 11) is 0. The van der Waals surface area contributed by atoms with Gasteiger partial charge in [0.2, 0.25) is 5.89 Å². The average molecular weight is 539 g/mol. The first kappa shape index (κ1) is 26.0. The molecule has 6 rings (SSSR count). The topological polar surface area (TPSA) is 149 Å². The van der Waals surface area contributed by atoms with E-state index in [1.165, 1.54) is 38.1 Å². The number of carbonyl (C=O) groups is 3. The number of phenolic OH excluding ortho intramolecular Hbond substituents is 2. The van der Waals surface area contributed by atoms with Crippen LogP contribution in [-0.2, 0) is 9.59 Å². The second-order valence-electron chi connectivity index (χ2n) is 8.62. The molecular weight excluding hydrogens is 518 g/mol. The molecule has 40 heavy (non-hydrogen) atoms. The highest BCUT2D eigenvalue weighted by Crippen LogP contribution is 2.47. The van der Waals surface area contributed by atoms with Gasteiger partial charge in [0.1, 0.15) is 28.5 Å². The quantitative estimate of drug-likeness (QED) is 0.119.